The fourth-order valence-electron chi connectivity index (χ4n) is 2.67. The van der Waals surface area contributed by atoms with Crippen LogP contribution in [-0.4, -0.2) is 32.3 Å². The van der Waals surface area contributed by atoms with Gasteiger partial charge < -0.3 is 29.3 Å². The van der Waals surface area contributed by atoms with Gasteiger partial charge in [0.2, 0.25) is 5.75 Å². The molecule has 0 fully saturated rings. The number of hydrogen-bond donors (Lipinski definition) is 2. The van der Waals surface area contributed by atoms with Crippen molar-refractivity contribution in [3.63, 3.8) is 0 Å². The van der Waals surface area contributed by atoms with Gasteiger partial charge in [-0.25, -0.2) is 4.79 Å². The maximum Gasteiger partial charge on any atom is 0.319 e. The number of aromatic nitrogens is 1. The third-order valence-electron chi connectivity index (χ3n) is 3.98. The van der Waals surface area contributed by atoms with Crippen molar-refractivity contribution in [2.75, 3.05) is 26.6 Å². The van der Waals surface area contributed by atoms with Crippen LogP contribution in [0.3, 0.4) is 0 Å². The molecule has 0 aliphatic rings. The quantitative estimate of drug-likeness (QED) is 0.646. The molecular formula is C20H21N3O5. The van der Waals surface area contributed by atoms with Crippen LogP contribution in [0.4, 0.5) is 10.5 Å². The van der Waals surface area contributed by atoms with Crippen molar-refractivity contribution in [2.24, 2.45) is 0 Å². The van der Waals surface area contributed by atoms with Gasteiger partial charge in [0.1, 0.15) is 5.76 Å². The van der Waals surface area contributed by atoms with Crippen molar-refractivity contribution >= 4 is 11.7 Å². The number of carbonyl (C=O) groups excluding carboxylic acids is 1. The molecule has 0 aliphatic carbocycles. The first-order valence-electron chi connectivity index (χ1n) is 8.47. The van der Waals surface area contributed by atoms with E-state index in [0.717, 1.165) is 16.9 Å². The zero-order chi connectivity index (χ0) is 19.9. The molecule has 0 atom stereocenters. The van der Waals surface area contributed by atoms with Gasteiger partial charge in [-0.3, -0.25) is 4.98 Å². The van der Waals surface area contributed by atoms with Crippen LogP contribution in [0.15, 0.2) is 53.4 Å². The number of urea groups is 1. The standard InChI is InChI=1S/C20H21N3O5/c1-25-17-8-15(9-18(26-2)19(17)27-3)23-20(24)22-11-13-7-14(12-21-10-13)16-5-4-6-28-16/h4-10,12H,11H2,1-3H3,(H2,22,23,24). The monoisotopic (exact) mass is 383 g/mol. The SMILES string of the molecule is COc1cc(NC(=O)NCc2cncc(-c3ccco3)c2)cc(OC)c1OC. The van der Waals surface area contributed by atoms with E-state index in [-0.39, 0.29) is 6.03 Å². The van der Waals surface area contributed by atoms with Gasteiger partial charge in [-0.05, 0) is 23.8 Å². The number of anilines is 1. The van der Waals surface area contributed by atoms with E-state index in [0.29, 0.717) is 29.5 Å². The van der Waals surface area contributed by atoms with Gasteiger partial charge >= 0.3 is 6.03 Å². The average Bonchev–Trinajstić information content (AvgIpc) is 3.26. The van der Waals surface area contributed by atoms with Crippen molar-refractivity contribution in [3.05, 3.63) is 54.6 Å². The number of methoxy groups -OCH3 is 3. The van der Waals surface area contributed by atoms with E-state index in [4.69, 9.17) is 18.6 Å². The molecule has 8 heteroatoms. The summed E-state index contributed by atoms with van der Waals surface area (Å²) < 4.78 is 21.2. The lowest BCUT2D eigenvalue weighted by atomic mass is 10.1. The van der Waals surface area contributed by atoms with Crippen LogP contribution in [-0.2, 0) is 6.54 Å². The zero-order valence-corrected chi connectivity index (χ0v) is 15.8. The number of pyridine rings is 1. The highest BCUT2D eigenvalue weighted by Gasteiger charge is 2.14. The van der Waals surface area contributed by atoms with Crippen LogP contribution in [0.5, 0.6) is 17.2 Å². The average molecular weight is 383 g/mol. The fraction of sp³-hybridized carbons (Fsp3) is 0.200. The Bertz CT molecular complexity index is 916. The van der Waals surface area contributed by atoms with E-state index in [9.17, 15) is 4.79 Å². The second kappa shape index (κ2) is 8.81. The van der Waals surface area contributed by atoms with E-state index in [1.54, 1.807) is 30.8 Å². The highest BCUT2D eigenvalue weighted by atomic mass is 16.5. The van der Waals surface area contributed by atoms with Crippen molar-refractivity contribution < 1.29 is 23.4 Å². The summed E-state index contributed by atoms with van der Waals surface area (Å²) in [7, 11) is 4.55. The van der Waals surface area contributed by atoms with E-state index >= 15 is 0 Å². The van der Waals surface area contributed by atoms with Crippen molar-refractivity contribution in [3.8, 4) is 28.6 Å². The van der Waals surface area contributed by atoms with Gasteiger partial charge in [0, 0.05) is 36.6 Å². The van der Waals surface area contributed by atoms with E-state index < -0.39 is 0 Å². The first kappa shape index (κ1) is 19.1. The van der Waals surface area contributed by atoms with E-state index in [2.05, 4.69) is 15.6 Å². The minimum absolute atomic E-state index is 0.303. The van der Waals surface area contributed by atoms with Crippen molar-refractivity contribution in [1.29, 1.82) is 0 Å². The molecule has 2 heterocycles. The molecule has 1 aromatic carbocycles. The lowest BCUT2D eigenvalue weighted by Crippen LogP contribution is -2.28. The predicted molar refractivity (Wildman–Crippen MR) is 104 cm³/mol. The molecule has 8 nitrogen and oxygen atoms in total. The zero-order valence-electron chi connectivity index (χ0n) is 15.8. The second-order valence-corrected chi connectivity index (χ2v) is 5.78. The van der Waals surface area contributed by atoms with Gasteiger partial charge in [-0.15, -0.1) is 0 Å². The Morgan fingerprint density at radius 2 is 1.82 bits per heavy atom. The summed E-state index contributed by atoms with van der Waals surface area (Å²) in [6.45, 7) is 0.303. The van der Waals surface area contributed by atoms with Gasteiger partial charge in [0.25, 0.3) is 0 Å². The molecule has 0 saturated carbocycles. The molecule has 0 aliphatic heterocycles. The molecule has 0 unspecified atom stereocenters. The smallest absolute Gasteiger partial charge is 0.319 e. The molecule has 3 aromatic rings. The summed E-state index contributed by atoms with van der Waals surface area (Å²) in [4.78, 5) is 16.5. The van der Waals surface area contributed by atoms with Crippen molar-refractivity contribution in [1.82, 2.24) is 10.3 Å². The largest absolute Gasteiger partial charge is 0.493 e. The first-order chi connectivity index (χ1) is 13.6. The van der Waals surface area contributed by atoms with Gasteiger partial charge in [-0.2, -0.15) is 0 Å². The summed E-state index contributed by atoms with van der Waals surface area (Å²) in [5.41, 5.74) is 2.19. The Kier molecular flexibility index (Phi) is 6.01. The number of ether oxygens (including phenoxy) is 3. The number of nitrogens with one attached hydrogen (secondary N) is 2. The summed E-state index contributed by atoms with van der Waals surface area (Å²) in [5.74, 6) is 2.08. The normalized spacial score (nSPS) is 10.2. The third kappa shape index (κ3) is 4.35. The van der Waals surface area contributed by atoms with E-state index in [1.165, 1.54) is 21.3 Å². The molecule has 2 amide bonds. The molecule has 2 N–H and O–H groups in total. The molecule has 3 rings (SSSR count). The van der Waals surface area contributed by atoms with E-state index in [1.807, 2.05) is 18.2 Å². The third-order valence-corrected chi connectivity index (χ3v) is 3.98. The maximum absolute atomic E-state index is 12.3. The molecule has 0 spiro atoms. The number of nitrogens with zero attached hydrogens (tertiary/aromatic N) is 1. The lowest BCUT2D eigenvalue weighted by molar-refractivity contribution is 0.251. The minimum Gasteiger partial charge on any atom is -0.493 e. The van der Waals surface area contributed by atoms with Gasteiger partial charge in [0.05, 0.1) is 33.3 Å². The Balaban J connectivity index is 1.66. The maximum atomic E-state index is 12.3. The second-order valence-electron chi connectivity index (χ2n) is 5.78. The molecule has 28 heavy (non-hydrogen) atoms. The number of benzene rings is 1. The summed E-state index contributed by atoms with van der Waals surface area (Å²) in [5, 5.41) is 5.54. The summed E-state index contributed by atoms with van der Waals surface area (Å²) in [6, 6.07) is 8.50. The van der Waals surface area contributed by atoms with Crippen LogP contribution >= 0.6 is 0 Å². The minimum atomic E-state index is -0.377. The number of hydrogen-bond acceptors (Lipinski definition) is 6. The Morgan fingerprint density at radius 3 is 2.43 bits per heavy atom. The van der Waals surface area contributed by atoms with Crippen LogP contribution in [0, 0.1) is 0 Å². The summed E-state index contributed by atoms with van der Waals surface area (Å²) in [6.07, 6.45) is 5.00. The van der Waals surface area contributed by atoms with Gasteiger partial charge in [-0.1, -0.05) is 0 Å². The fourth-order valence-corrected chi connectivity index (χ4v) is 2.67. The number of amides is 2. The van der Waals surface area contributed by atoms with Crippen LogP contribution in [0.2, 0.25) is 0 Å². The van der Waals surface area contributed by atoms with Gasteiger partial charge in [0.15, 0.2) is 11.5 Å². The summed E-state index contributed by atoms with van der Waals surface area (Å²) >= 11 is 0. The molecule has 0 radical (unpaired) electrons. The molecule has 0 saturated heterocycles. The Morgan fingerprint density at radius 1 is 1.07 bits per heavy atom. The van der Waals surface area contributed by atoms with Crippen molar-refractivity contribution in [2.45, 2.75) is 6.54 Å². The van der Waals surface area contributed by atoms with Crippen LogP contribution in [0.25, 0.3) is 11.3 Å². The number of carbonyl (C=O) groups is 1. The highest BCUT2D eigenvalue weighted by molar-refractivity contribution is 5.90. The Hall–Kier alpha value is -3.68. The number of rotatable bonds is 7. The molecule has 146 valence electrons. The van der Waals surface area contributed by atoms with Crippen LogP contribution < -0.4 is 24.8 Å². The topological polar surface area (TPSA) is 94.9 Å². The number of furan rings is 1. The highest BCUT2D eigenvalue weighted by Crippen LogP contribution is 2.39. The molecular weight excluding hydrogens is 362 g/mol. The lowest BCUT2D eigenvalue weighted by Gasteiger charge is -2.15. The van der Waals surface area contributed by atoms with Crippen LogP contribution in [0.1, 0.15) is 5.56 Å². The molecule has 2 aromatic heterocycles. The first-order valence-corrected chi connectivity index (χ1v) is 8.47. The predicted octanol–water partition coefficient (Wildman–Crippen LogP) is 3.69. The molecule has 0 bridgehead atoms. The Labute approximate surface area is 162 Å².